The third-order valence-corrected chi connectivity index (χ3v) is 2.26. The topological polar surface area (TPSA) is 20.2 Å². The molecule has 12 heavy (non-hydrogen) atoms. The van der Waals surface area contributed by atoms with Gasteiger partial charge in [-0.1, -0.05) is 33.6 Å². The van der Waals surface area contributed by atoms with Gasteiger partial charge in [0, 0.05) is 51.4 Å². The minimum atomic E-state index is -0.422. The SMILES string of the molecule is CCC(C)(O)CCCC(C)C.[K]. The molecule has 0 aromatic rings. The van der Waals surface area contributed by atoms with E-state index in [2.05, 4.69) is 13.8 Å². The summed E-state index contributed by atoms with van der Waals surface area (Å²) in [4.78, 5) is 0. The molecule has 0 amide bonds. The fourth-order valence-electron chi connectivity index (χ4n) is 1.07. The van der Waals surface area contributed by atoms with Crippen LogP contribution in [0.15, 0.2) is 0 Å². The van der Waals surface area contributed by atoms with Crippen LogP contribution in [0.4, 0.5) is 0 Å². The van der Waals surface area contributed by atoms with Gasteiger partial charge in [0.1, 0.15) is 0 Å². The Morgan fingerprint density at radius 3 is 2.17 bits per heavy atom. The first kappa shape index (κ1) is 16.0. The second-order valence-electron chi connectivity index (χ2n) is 4.14. The zero-order valence-corrected chi connectivity index (χ0v) is 12.5. The molecule has 2 heteroatoms. The van der Waals surface area contributed by atoms with Crippen molar-refractivity contribution in [1.29, 1.82) is 0 Å². The monoisotopic (exact) mass is 197 g/mol. The average molecular weight is 197 g/mol. The Hall–Kier alpha value is 1.60. The summed E-state index contributed by atoms with van der Waals surface area (Å²) < 4.78 is 0. The maximum Gasteiger partial charge on any atom is 0.0617 e. The van der Waals surface area contributed by atoms with E-state index in [0.29, 0.717) is 0 Å². The van der Waals surface area contributed by atoms with E-state index in [1.807, 2.05) is 13.8 Å². The molecule has 0 spiro atoms. The van der Waals surface area contributed by atoms with Crippen LogP contribution in [-0.4, -0.2) is 62.1 Å². The molecule has 0 heterocycles. The molecule has 1 unspecified atom stereocenters. The van der Waals surface area contributed by atoms with E-state index in [4.69, 9.17) is 0 Å². The van der Waals surface area contributed by atoms with Crippen molar-refractivity contribution < 1.29 is 5.11 Å². The zero-order chi connectivity index (χ0) is 8.91. The van der Waals surface area contributed by atoms with Gasteiger partial charge >= 0.3 is 0 Å². The third-order valence-electron chi connectivity index (χ3n) is 2.26. The van der Waals surface area contributed by atoms with E-state index in [0.717, 1.165) is 25.2 Å². The van der Waals surface area contributed by atoms with Gasteiger partial charge < -0.3 is 5.11 Å². The maximum atomic E-state index is 9.64. The molecule has 1 radical (unpaired) electrons. The van der Waals surface area contributed by atoms with Gasteiger partial charge in [0.15, 0.2) is 0 Å². The van der Waals surface area contributed by atoms with Gasteiger partial charge in [0.25, 0.3) is 0 Å². The normalized spacial score (nSPS) is 15.5. The molecular formula is C10H22KO. The van der Waals surface area contributed by atoms with Gasteiger partial charge in [0.2, 0.25) is 0 Å². The van der Waals surface area contributed by atoms with E-state index in [-0.39, 0.29) is 51.4 Å². The Labute approximate surface area is 120 Å². The molecule has 0 saturated carbocycles. The molecule has 1 N–H and O–H groups in total. The Morgan fingerprint density at radius 2 is 1.83 bits per heavy atom. The maximum absolute atomic E-state index is 9.64. The summed E-state index contributed by atoms with van der Waals surface area (Å²) in [6.07, 6.45) is 4.20. The van der Waals surface area contributed by atoms with Crippen molar-refractivity contribution in [3.8, 4) is 0 Å². The van der Waals surface area contributed by atoms with Gasteiger partial charge in [-0.2, -0.15) is 0 Å². The first-order valence-electron chi connectivity index (χ1n) is 4.70. The second kappa shape index (κ2) is 7.95. The summed E-state index contributed by atoms with van der Waals surface area (Å²) >= 11 is 0. The molecular weight excluding hydrogens is 175 g/mol. The van der Waals surface area contributed by atoms with Gasteiger partial charge in [0.05, 0.1) is 5.60 Å². The molecule has 0 fully saturated rings. The van der Waals surface area contributed by atoms with Crippen LogP contribution in [0.5, 0.6) is 0 Å². The van der Waals surface area contributed by atoms with E-state index in [9.17, 15) is 5.11 Å². The smallest absolute Gasteiger partial charge is 0.0617 e. The van der Waals surface area contributed by atoms with Gasteiger partial charge in [-0.25, -0.2) is 0 Å². The van der Waals surface area contributed by atoms with Crippen molar-refractivity contribution in [2.45, 2.75) is 59.0 Å². The Morgan fingerprint density at radius 1 is 1.33 bits per heavy atom. The first-order valence-corrected chi connectivity index (χ1v) is 4.70. The molecule has 0 aliphatic carbocycles. The summed E-state index contributed by atoms with van der Waals surface area (Å²) in [5.74, 6) is 0.766. The van der Waals surface area contributed by atoms with Crippen LogP contribution in [0.2, 0.25) is 0 Å². The van der Waals surface area contributed by atoms with Gasteiger partial charge in [-0.3, -0.25) is 0 Å². The number of hydrogen-bond donors (Lipinski definition) is 1. The Bertz CT molecular complexity index is 100. The third kappa shape index (κ3) is 9.68. The first-order chi connectivity index (χ1) is 4.98. The van der Waals surface area contributed by atoms with Crippen LogP contribution in [-0.2, 0) is 0 Å². The average Bonchev–Trinajstić information content (AvgIpc) is 1.87. The van der Waals surface area contributed by atoms with Crippen molar-refractivity contribution in [2.75, 3.05) is 0 Å². The predicted octanol–water partition coefficient (Wildman–Crippen LogP) is 2.59. The Kier molecular flexibility index (Phi) is 10.6. The fraction of sp³-hybridized carbons (Fsp3) is 1.00. The minimum absolute atomic E-state index is 0. The molecule has 0 aromatic heterocycles. The van der Waals surface area contributed by atoms with Crippen molar-refractivity contribution in [2.24, 2.45) is 5.92 Å². The molecule has 0 bridgehead atoms. The van der Waals surface area contributed by atoms with E-state index in [1.165, 1.54) is 6.42 Å². The standard InChI is InChI=1S/C10H22O.K/c1-5-10(4,11)8-6-7-9(2)3;/h9,11H,5-8H2,1-4H3;. The number of hydrogen-bond acceptors (Lipinski definition) is 1. The van der Waals surface area contributed by atoms with E-state index < -0.39 is 5.60 Å². The Balaban J connectivity index is 0. The fourth-order valence-corrected chi connectivity index (χ4v) is 1.07. The molecule has 0 rings (SSSR count). The summed E-state index contributed by atoms with van der Waals surface area (Å²) in [5, 5.41) is 9.64. The van der Waals surface area contributed by atoms with Crippen LogP contribution in [0.25, 0.3) is 0 Å². The number of aliphatic hydroxyl groups is 1. The van der Waals surface area contributed by atoms with Crippen LogP contribution < -0.4 is 0 Å². The minimum Gasteiger partial charge on any atom is -0.390 e. The molecule has 1 nitrogen and oxygen atoms in total. The molecule has 0 aromatic carbocycles. The number of rotatable bonds is 5. The second-order valence-corrected chi connectivity index (χ2v) is 4.14. The molecule has 0 aliphatic rings. The molecule has 69 valence electrons. The summed E-state index contributed by atoms with van der Waals surface area (Å²) in [7, 11) is 0. The summed E-state index contributed by atoms with van der Waals surface area (Å²) in [5.41, 5.74) is -0.422. The summed E-state index contributed by atoms with van der Waals surface area (Å²) in [6.45, 7) is 8.41. The van der Waals surface area contributed by atoms with Crippen molar-refractivity contribution in [3.05, 3.63) is 0 Å². The van der Waals surface area contributed by atoms with Crippen molar-refractivity contribution in [3.63, 3.8) is 0 Å². The molecule has 1 atom stereocenters. The largest absolute Gasteiger partial charge is 0.390 e. The predicted molar refractivity (Wildman–Crippen MR) is 55.4 cm³/mol. The molecule has 0 saturated heterocycles. The van der Waals surface area contributed by atoms with Crippen LogP contribution >= 0.6 is 0 Å². The molecule has 0 aliphatic heterocycles. The van der Waals surface area contributed by atoms with Crippen LogP contribution in [0, 0.1) is 5.92 Å². The van der Waals surface area contributed by atoms with Crippen molar-refractivity contribution in [1.82, 2.24) is 0 Å². The summed E-state index contributed by atoms with van der Waals surface area (Å²) in [6, 6.07) is 0. The quantitative estimate of drug-likeness (QED) is 0.672. The van der Waals surface area contributed by atoms with E-state index in [1.54, 1.807) is 0 Å². The van der Waals surface area contributed by atoms with Gasteiger partial charge in [-0.15, -0.1) is 0 Å². The van der Waals surface area contributed by atoms with Crippen LogP contribution in [0.1, 0.15) is 53.4 Å². The van der Waals surface area contributed by atoms with Gasteiger partial charge in [-0.05, 0) is 25.7 Å². The van der Waals surface area contributed by atoms with Crippen LogP contribution in [0.3, 0.4) is 0 Å². The zero-order valence-electron chi connectivity index (χ0n) is 9.35. The van der Waals surface area contributed by atoms with E-state index >= 15 is 0 Å². The van der Waals surface area contributed by atoms with Crippen molar-refractivity contribution >= 4 is 51.4 Å².